The zero-order valence-electron chi connectivity index (χ0n) is 10.3. The molecular formula is C14H8ClF3O3. The van der Waals surface area contributed by atoms with Crippen LogP contribution in [0.5, 0.6) is 11.5 Å². The molecule has 0 aromatic heterocycles. The summed E-state index contributed by atoms with van der Waals surface area (Å²) in [5.74, 6) is -1.69. The number of para-hydroxylation sites is 1. The number of benzene rings is 2. The fourth-order valence-electron chi connectivity index (χ4n) is 1.61. The minimum absolute atomic E-state index is 0.245. The summed E-state index contributed by atoms with van der Waals surface area (Å²) in [5, 5.41) is 8.55. The Balaban J connectivity index is 2.54. The summed E-state index contributed by atoms with van der Waals surface area (Å²) in [4.78, 5) is 11.0. The van der Waals surface area contributed by atoms with Crippen LogP contribution in [0, 0.1) is 0 Å². The summed E-state index contributed by atoms with van der Waals surface area (Å²) in [6.45, 7) is 0. The van der Waals surface area contributed by atoms with Crippen molar-refractivity contribution >= 4 is 17.6 Å². The van der Waals surface area contributed by atoms with E-state index in [4.69, 9.17) is 21.4 Å². The number of carboxylic acid groups (broad SMARTS) is 1. The van der Waals surface area contributed by atoms with Crippen LogP contribution in [0.1, 0.15) is 15.9 Å². The molecule has 3 nitrogen and oxygen atoms in total. The molecule has 0 aliphatic carbocycles. The Bertz CT molecular complexity index is 669. The maximum absolute atomic E-state index is 12.8. The predicted octanol–water partition coefficient (Wildman–Crippen LogP) is 4.85. The summed E-state index contributed by atoms with van der Waals surface area (Å²) in [5.41, 5.74) is -1.81. The van der Waals surface area contributed by atoms with E-state index in [-0.39, 0.29) is 16.5 Å². The van der Waals surface area contributed by atoms with Crippen molar-refractivity contribution in [2.75, 3.05) is 0 Å². The summed E-state index contributed by atoms with van der Waals surface area (Å²) in [6.07, 6.45) is -4.70. The molecule has 0 saturated carbocycles. The highest BCUT2D eigenvalue weighted by Crippen LogP contribution is 2.39. The first-order valence-corrected chi connectivity index (χ1v) is 6.04. The highest BCUT2D eigenvalue weighted by Gasteiger charge is 2.33. The maximum atomic E-state index is 12.8. The van der Waals surface area contributed by atoms with E-state index < -0.39 is 23.3 Å². The zero-order chi connectivity index (χ0) is 15.6. The molecule has 2 rings (SSSR count). The maximum Gasteiger partial charge on any atom is 0.416 e. The molecule has 0 atom stereocenters. The van der Waals surface area contributed by atoms with Crippen molar-refractivity contribution < 1.29 is 27.8 Å². The second kappa shape index (κ2) is 5.65. The Morgan fingerprint density at radius 1 is 1.14 bits per heavy atom. The minimum Gasteiger partial charge on any atom is -0.478 e. The van der Waals surface area contributed by atoms with Gasteiger partial charge in [0.05, 0.1) is 16.1 Å². The van der Waals surface area contributed by atoms with Crippen LogP contribution < -0.4 is 4.74 Å². The second-order valence-electron chi connectivity index (χ2n) is 4.05. The van der Waals surface area contributed by atoms with E-state index in [1.54, 1.807) is 18.2 Å². The highest BCUT2D eigenvalue weighted by molar-refractivity contribution is 6.35. The van der Waals surface area contributed by atoms with Crippen molar-refractivity contribution in [3.05, 3.63) is 58.6 Å². The predicted molar refractivity (Wildman–Crippen MR) is 69.9 cm³/mol. The van der Waals surface area contributed by atoms with Gasteiger partial charge in [-0.05, 0) is 24.3 Å². The average molecular weight is 317 g/mol. The van der Waals surface area contributed by atoms with Crippen molar-refractivity contribution in [3.8, 4) is 11.5 Å². The van der Waals surface area contributed by atoms with Gasteiger partial charge in [-0.1, -0.05) is 29.8 Å². The molecule has 110 valence electrons. The van der Waals surface area contributed by atoms with E-state index in [1.807, 2.05) is 0 Å². The monoisotopic (exact) mass is 316 g/mol. The van der Waals surface area contributed by atoms with E-state index >= 15 is 0 Å². The van der Waals surface area contributed by atoms with Crippen LogP contribution in [-0.2, 0) is 6.18 Å². The number of alkyl halides is 3. The lowest BCUT2D eigenvalue weighted by molar-refractivity contribution is -0.137. The fourth-order valence-corrected chi connectivity index (χ4v) is 1.84. The summed E-state index contributed by atoms with van der Waals surface area (Å²) >= 11 is 5.80. The third-order valence-electron chi connectivity index (χ3n) is 2.57. The van der Waals surface area contributed by atoms with E-state index in [9.17, 15) is 18.0 Å². The van der Waals surface area contributed by atoms with Crippen LogP contribution in [0.2, 0.25) is 5.02 Å². The number of rotatable bonds is 3. The van der Waals surface area contributed by atoms with Gasteiger partial charge in [0.2, 0.25) is 0 Å². The van der Waals surface area contributed by atoms with Crippen molar-refractivity contribution in [3.63, 3.8) is 0 Å². The first-order valence-electron chi connectivity index (χ1n) is 5.66. The quantitative estimate of drug-likeness (QED) is 0.880. The number of halogens is 4. The SMILES string of the molecule is O=C(O)c1cc(C(F)(F)F)cc(Oc2ccccc2)c1Cl. The van der Waals surface area contributed by atoms with Gasteiger partial charge in [0.15, 0.2) is 0 Å². The van der Waals surface area contributed by atoms with Gasteiger partial charge in [0, 0.05) is 0 Å². The molecule has 0 saturated heterocycles. The van der Waals surface area contributed by atoms with E-state index in [2.05, 4.69) is 0 Å². The van der Waals surface area contributed by atoms with Crippen LogP contribution in [-0.4, -0.2) is 11.1 Å². The number of aromatic carboxylic acids is 1. The van der Waals surface area contributed by atoms with Gasteiger partial charge in [-0.3, -0.25) is 0 Å². The molecular weight excluding hydrogens is 309 g/mol. The first kappa shape index (κ1) is 15.2. The van der Waals surface area contributed by atoms with Gasteiger partial charge < -0.3 is 9.84 Å². The third-order valence-corrected chi connectivity index (χ3v) is 2.96. The van der Waals surface area contributed by atoms with Crippen LogP contribution >= 0.6 is 11.6 Å². The Morgan fingerprint density at radius 2 is 1.76 bits per heavy atom. The number of hydrogen-bond donors (Lipinski definition) is 1. The summed E-state index contributed by atoms with van der Waals surface area (Å²) in [7, 11) is 0. The average Bonchev–Trinajstić information content (AvgIpc) is 2.40. The van der Waals surface area contributed by atoms with Crippen molar-refractivity contribution in [2.24, 2.45) is 0 Å². The molecule has 0 spiro atoms. The van der Waals surface area contributed by atoms with E-state index in [0.29, 0.717) is 12.1 Å². The molecule has 0 fully saturated rings. The van der Waals surface area contributed by atoms with Crippen molar-refractivity contribution in [1.82, 2.24) is 0 Å². The van der Waals surface area contributed by atoms with E-state index in [1.165, 1.54) is 12.1 Å². The second-order valence-corrected chi connectivity index (χ2v) is 4.43. The molecule has 21 heavy (non-hydrogen) atoms. The van der Waals surface area contributed by atoms with Crippen LogP contribution in [0.25, 0.3) is 0 Å². The Hall–Kier alpha value is -2.21. The number of hydrogen-bond acceptors (Lipinski definition) is 2. The molecule has 0 radical (unpaired) electrons. The largest absolute Gasteiger partial charge is 0.478 e. The molecule has 2 aromatic carbocycles. The lowest BCUT2D eigenvalue weighted by Gasteiger charge is -2.13. The molecule has 0 bridgehead atoms. The lowest BCUT2D eigenvalue weighted by Crippen LogP contribution is -2.09. The molecule has 1 N–H and O–H groups in total. The summed E-state index contributed by atoms with van der Waals surface area (Å²) in [6, 6.07) is 9.10. The molecule has 0 aliphatic heterocycles. The molecule has 0 heterocycles. The topological polar surface area (TPSA) is 46.5 Å². The Kier molecular flexibility index (Phi) is 4.09. The van der Waals surface area contributed by atoms with Gasteiger partial charge in [-0.15, -0.1) is 0 Å². The minimum atomic E-state index is -4.70. The first-order chi connectivity index (χ1) is 9.79. The number of carboxylic acids is 1. The van der Waals surface area contributed by atoms with Crippen LogP contribution in [0.4, 0.5) is 13.2 Å². The van der Waals surface area contributed by atoms with Gasteiger partial charge in [0.25, 0.3) is 0 Å². The van der Waals surface area contributed by atoms with Crippen LogP contribution in [0.3, 0.4) is 0 Å². The van der Waals surface area contributed by atoms with Crippen LogP contribution in [0.15, 0.2) is 42.5 Å². The zero-order valence-corrected chi connectivity index (χ0v) is 11.1. The van der Waals surface area contributed by atoms with Crippen molar-refractivity contribution in [1.29, 1.82) is 0 Å². The molecule has 2 aromatic rings. The van der Waals surface area contributed by atoms with Gasteiger partial charge >= 0.3 is 12.1 Å². The molecule has 0 amide bonds. The normalized spacial score (nSPS) is 11.2. The standard InChI is InChI=1S/C14H8ClF3O3/c15-12-10(13(19)20)6-8(14(16,17)18)7-11(12)21-9-4-2-1-3-5-9/h1-7H,(H,19,20). The molecule has 0 aliphatic rings. The highest BCUT2D eigenvalue weighted by atomic mass is 35.5. The number of ether oxygens (including phenoxy) is 1. The van der Waals surface area contributed by atoms with Gasteiger partial charge in [-0.25, -0.2) is 4.79 Å². The third kappa shape index (κ3) is 3.46. The Morgan fingerprint density at radius 3 is 2.29 bits per heavy atom. The smallest absolute Gasteiger partial charge is 0.416 e. The molecule has 7 heteroatoms. The summed E-state index contributed by atoms with van der Waals surface area (Å²) < 4.78 is 43.6. The molecule has 0 unspecified atom stereocenters. The lowest BCUT2D eigenvalue weighted by atomic mass is 10.1. The Labute approximate surface area is 122 Å². The number of carbonyl (C=O) groups is 1. The van der Waals surface area contributed by atoms with Gasteiger partial charge in [-0.2, -0.15) is 13.2 Å². The fraction of sp³-hybridized carbons (Fsp3) is 0.0714. The van der Waals surface area contributed by atoms with E-state index in [0.717, 1.165) is 0 Å². The van der Waals surface area contributed by atoms with Gasteiger partial charge in [0.1, 0.15) is 11.5 Å². The van der Waals surface area contributed by atoms with Crippen molar-refractivity contribution in [2.45, 2.75) is 6.18 Å².